The van der Waals surface area contributed by atoms with Crippen LogP contribution in [0.1, 0.15) is 82.9 Å². The van der Waals surface area contributed by atoms with Crippen LogP contribution >= 0.6 is 11.3 Å². The third-order valence-corrected chi connectivity index (χ3v) is 12.6. The lowest BCUT2D eigenvalue weighted by atomic mass is 9.82. The molecule has 0 saturated heterocycles. The summed E-state index contributed by atoms with van der Waals surface area (Å²) in [5.41, 5.74) is 3.05. The molecule has 0 bridgehead atoms. The SMILES string of the molecule is C#CCCC[C@H](O)[C@H](O)[C@H](CC1CCCCC1)NC(=O)[C@H](Cc1cscn1)NC(=O)[C@H](Cc1ccccc1)CS(=O)(=O)N(C)CCN(CC)CC. The first-order valence-electron chi connectivity index (χ1n) is 18.4. The van der Waals surface area contributed by atoms with Crippen LogP contribution in [0.5, 0.6) is 0 Å². The minimum absolute atomic E-state index is 0.0760. The Hall–Kier alpha value is -2.86. The van der Waals surface area contributed by atoms with E-state index < -0.39 is 57.8 Å². The predicted molar refractivity (Wildman–Crippen MR) is 203 cm³/mol. The van der Waals surface area contributed by atoms with Crippen molar-refractivity contribution in [1.29, 1.82) is 0 Å². The molecule has 1 aromatic heterocycles. The molecule has 0 radical (unpaired) electrons. The second-order valence-electron chi connectivity index (χ2n) is 13.8. The third kappa shape index (κ3) is 14.6. The van der Waals surface area contributed by atoms with Gasteiger partial charge in [0.1, 0.15) is 6.04 Å². The highest BCUT2D eigenvalue weighted by Gasteiger charge is 2.35. The Balaban J connectivity index is 1.85. The number of likely N-dealkylation sites (N-methyl/N-ethyl adjacent to an activating group) is 2. The number of amides is 2. The van der Waals surface area contributed by atoms with Crippen molar-refractivity contribution < 1.29 is 28.2 Å². The van der Waals surface area contributed by atoms with Crippen LogP contribution in [0.4, 0.5) is 0 Å². The summed E-state index contributed by atoms with van der Waals surface area (Å²) in [4.78, 5) is 34.7. The third-order valence-electron chi connectivity index (χ3n) is 10.0. The first-order chi connectivity index (χ1) is 24.5. The number of nitrogens with zero attached hydrogens (tertiary/aromatic N) is 3. The molecule has 1 saturated carbocycles. The van der Waals surface area contributed by atoms with Crippen LogP contribution in [0, 0.1) is 24.2 Å². The van der Waals surface area contributed by atoms with Crippen LogP contribution in [-0.4, -0.2) is 108 Å². The molecule has 11 nitrogen and oxygen atoms in total. The molecule has 1 fully saturated rings. The quantitative estimate of drug-likeness (QED) is 0.0996. The molecule has 5 atom stereocenters. The lowest BCUT2D eigenvalue weighted by Gasteiger charge is -2.33. The van der Waals surface area contributed by atoms with Gasteiger partial charge in [-0.1, -0.05) is 76.3 Å². The molecule has 4 N–H and O–H groups in total. The fourth-order valence-corrected chi connectivity index (χ4v) is 8.68. The standard InChI is InChI=1S/C38H59N5O6S2/c1-5-8-11-20-35(44)36(45)33(24-30-18-14-10-15-19-30)40-38(47)34(25-32-26-50-28-39-32)41-37(46)31(23-29-16-12-9-13-17-29)27-51(48,49)42(4)21-22-43(6-2)7-3/h1,9,12-13,16-17,26,28,30-31,33-36,44-45H,6-8,10-11,14-15,18-25,27H2,2-4H3,(H,40,47)(H,41,46)/t31-,33+,34+,35+,36-/m1/s1. The molecule has 51 heavy (non-hydrogen) atoms. The Morgan fingerprint density at radius 1 is 1.04 bits per heavy atom. The van der Waals surface area contributed by atoms with E-state index in [0.29, 0.717) is 37.9 Å². The molecule has 1 heterocycles. The maximum Gasteiger partial charge on any atom is 0.243 e. The minimum atomic E-state index is -3.85. The number of aliphatic hydroxyl groups is 2. The number of hydrogen-bond donors (Lipinski definition) is 4. The molecule has 2 amide bonds. The van der Waals surface area contributed by atoms with Crippen molar-refractivity contribution in [1.82, 2.24) is 24.8 Å². The van der Waals surface area contributed by atoms with Gasteiger partial charge in [-0.25, -0.2) is 17.7 Å². The van der Waals surface area contributed by atoms with Crippen molar-refractivity contribution >= 4 is 33.2 Å². The number of benzene rings is 1. The van der Waals surface area contributed by atoms with E-state index in [1.165, 1.54) is 22.7 Å². The number of aliphatic hydroxyl groups excluding tert-OH is 2. The van der Waals surface area contributed by atoms with Crippen molar-refractivity contribution in [3.05, 3.63) is 52.5 Å². The summed E-state index contributed by atoms with van der Waals surface area (Å²) in [5, 5.41) is 29.9. The van der Waals surface area contributed by atoms with Crippen molar-refractivity contribution in [3.8, 4) is 12.3 Å². The summed E-state index contributed by atoms with van der Waals surface area (Å²) in [5.74, 6) is 0.332. The zero-order chi connectivity index (χ0) is 37.2. The Kier molecular flexibility index (Phi) is 18.6. The van der Waals surface area contributed by atoms with Crippen LogP contribution in [0.25, 0.3) is 0 Å². The Morgan fingerprint density at radius 2 is 1.75 bits per heavy atom. The largest absolute Gasteiger partial charge is 0.390 e. The highest BCUT2D eigenvalue weighted by molar-refractivity contribution is 7.89. The number of sulfonamides is 1. The summed E-state index contributed by atoms with van der Waals surface area (Å²) in [6.45, 7) is 6.51. The lowest BCUT2D eigenvalue weighted by molar-refractivity contribution is -0.132. The number of unbranched alkanes of at least 4 members (excludes halogenated alkanes) is 1. The van der Waals surface area contributed by atoms with E-state index in [2.05, 4.69) is 26.4 Å². The molecule has 1 aromatic carbocycles. The maximum absolute atomic E-state index is 14.1. The molecule has 0 aliphatic heterocycles. The average molecular weight is 746 g/mol. The molecule has 2 aromatic rings. The van der Waals surface area contributed by atoms with E-state index in [9.17, 15) is 28.2 Å². The Bertz CT molecular complexity index is 1440. The van der Waals surface area contributed by atoms with Gasteiger partial charge in [0.25, 0.3) is 0 Å². The maximum atomic E-state index is 14.1. The van der Waals surface area contributed by atoms with Crippen LogP contribution < -0.4 is 10.6 Å². The highest BCUT2D eigenvalue weighted by atomic mass is 32.2. The number of carbonyl (C=O) groups is 2. The van der Waals surface area contributed by atoms with Crippen LogP contribution in [0.2, 0.25) is 0 Å². The molecule has 13 heteroatoms. The number of nitrogens with one attached hydrogen (secondary N) is 2. The molecule has 1 aliphatic rings. The number of rotatable bonds is 23. The van der Waals surface area contributed by atoms with Gasteiger partial charge < -0.3 is 25.7 Å². The smallest absolute Gasteiger partial charge is 0.243 e. The van der Waals surface area contributed by atoms with Crippen molar-refractivity contribution in [2.45, 2.75) is 109 Å². The van der Waals surface area contributed by atoms with E-state index >= 15 is 0 Å². The van der Waals surface area contributed by atoms with Gasteiger partial charge in [0.2, 0.25) is 21.8 Å². The van der Waals surface area contributed by atoms with E-state index in [1.807, 2.05) is 44.2 Å². The molecular formula is C38H59N5O6S2. The second-order valence-corrected chi connectivity index (χ2v) is 16.6. The minimum Gasteiger partial charge on any atom is -0.390 e. The molecule has 1 aliphatic carbocycles. The topological polar surface area (TPSA) is 152 Å². The van der Waals surface area contributed by atoms with E-state index in [4.69, 9.17) is 6.42 Å². The van der Waals surface area contributed by atoms with Crippen molar-refractivity contribution in [2.75, 3.05) is 39.0 Å². The fraction of sp³-hybridized carbons (Fsp3) is 0.658. The number of terminal acetylenes is 1. The van der Waals surface area contributed by atoms with Gasteiger partial charge in [0.15, 0.2) is 0 Å². The lowest BCUT2D eigenvalue weighted by Crippen LogP contribution is -2.56. The second kappa shape index (κ2) is 22.3. The highest BCUT2D eigenvalue weighted by Crippen LogP contribution is 2.29. The monoisotopic (exact) mass is 745 g/mol. The number of carbonyl (C=O) groups excluding carboxylic acids is 2. The van der Waals surface area contributed by atoms with E-state index in [0.717, 1.165) is 50.8 Å². The van der Waals surface area contributed by atoms with Gasteiger partial charge in [0, 0.05) is 38.4 Å². The van der Waals surface area contributed by atoms with Crippen LogP contribution in [0.3, 0.4) is 0 Å². The first kappa shape index (κ1) is 42.6. The average Bonchev–Trinajstić information content (AvgIpc) is 3.64. The summed E-state index contributed by atoms with van der Waals surface area (Å²) in [6, 6.07) is 7.38. The first-order valence-corrected chi connectivity index (χ1v) is 21.0. The van der Waals surface area contributed by atoms with E-state index in [-0.39, 0.29) is 25.3 Å². The van der Waals surface area contributed by atoms with Gasteiger partial charge in [-0.2, -0.15) is 0 Å². The van der Waals surface area contributed by atoms with Crippen molar-refractivity contribution in [2.24, 2.45) is 11.8 Å². The van der Waals surface area contributed by atoms with E-state index in [1.54, 1.807) is 10.9 Å². The Labute approximate surface area is 309 Å². The van der Waals surface area contributed by atoms with Crippen LogP contribution in [0.15, 0.2) is 41.2 Å². The number of hydrogen-bond acceptors (Lipinski definition) is 9. The fourth-order valence-electron chi connectivity index (χ4n) is 6.72. The molecule has 0 spiro atoms. The van der Waals surface area contributed by atoms with Gasteiger partial charge in [-0.05, 0) is 50.3 Å². The van der Waals surface area contributed by atoms with Gasteiger partial charge in [-0.15, -0.1) is 23.7 Å². The Morgan fingerprint density at radius 3 is 2.37 bits per heavy atom. The van der Waals surface area contributed by atoms with Gasteiger partial charge in [-0.3, -0.25) is 9.59 Å². The zero-order valence-electron chi connectivity index (χ0n) is 30.6. The number of aromatic nitrogens is 1. The summed E-state index contributed by atoms with van der Waals surface area (Å²) < 4.78 is 28.6. The molecule has 0 unspecified atom stereocenters. The molecule has 3 rings (SSSR count). The predicted octanol–water partition coefficient (Wildman–Crippen LogP) is 3.61. The molecular weight excluding hydrogens is 687 g/mol. The summed E-state index contributed by atoms with van der Waals surface area (Å²) in [7, 11) is -2.31. The van der Waals surface area contributed by atoms with Gasteiger partial charge in [0.05, 0.1) is 41.1 Å². The van der Waals surface area contributed by atoms with Crippen LogP contribution in [-0.2, 0) is 32.5 Å². The normalized spacial score (nSPS) is 17.0. The van der Waals surface area contributed by atoms with Crippen molar-refractivity contribution in [3.63, 3.8) is 0 Å². The molecule has 284 valence electrons. The van der Waals surface area contributed by atoms with Gasteiger partial charge >= 0.3 is 0 Å². The summed E-state index contributed by atoms with van der Waals surface area (Å²) in [6.07, 6.45) is 10.4. The number of thiazole rings is 1. The summed E-state index contributed by atoms with van der Waals surface area (Å²) >= 11 is 1.37. The zero-order valence-corrected chi connectivity index (χ0v) is 32.2.